The summed E-state index contributed by atoms with van der Waals surface area (Å²) in [5.41, 5.74) is 10.5. The maximum atomic E-state index is 14.8. The van der Waals surface area contributed by atoms with Crippen LogP contribution in [0.15, 0.2) is 97.6 Å². The number of phenols is 1. The van der Waals surface area contributed by atoms with Crippen LogP contribution in [0, 0.1) is 25.2 Å². The van der Waals surface area contributed by atoms with Crippen LogP contribution >= 0.6 is 11.8 Å². The number of esters is 1. The summed E-state index contributed by atoms with van der Waals surface area (Å²) in [6, 6.07) is 27.2. The molecule has 5 aromatic carbocycles. The first-order valence-electron chi connectivity index (χ1n) is 23.0. The zero-order valence-corrected chi connectivity index (χ0v) is 39.3. The van der Waals surface area contributed by atoms with E-state index in [1.54, 1.807) is 24.9 Å². The van der Waals surface area contributed by atoms with Crippen molar-refractivity contribution in [3.63, 3.8) is 0 Å². The van der Waals surface area contributed by atoms with Gasteiger partial charge in [-0.05, 0) is 72.7 Å². The zero-order chi connectivity index (χ0) is 47.2. The Labute approximate surface area is 400 Å². The quantitative estimate of drug-likeness (QED) is 0.0810. The van der Waals surface area contributed by atoms with Gasteiger partial charge in [0.1, 0.15) is 37.7 Å². The summed E-state index contributed by atoms with van der Waals surface area (Å²) >= 11 is 1.56. The fraction of sp³-hybridized carbons (Fsp3) is 0.352. The number of rotatable bonds is 14. The first-order chi connectivity index (χ1) is 33.1. The number of hydrogen-bond acceptors (Lipinski definition) is 13. The minimum atomic E-state index is -1.10. The lowest BCUT2D eigenvalue weighted by atomic mass is 9.71. The molecular formula is C54H54N4O9S. The minimum absolute atomic E-state index is 0.0196. The number of ether oxygens (including phenoxy) is 6. The number of aryl methyl sites for hydroxylation is 1. The van der Waals surface area contributed by atoms with Crippen LogP contribution in [0.5, 0.6) is 28.7 Å². The number of thioether (sulfide) groups is 1. The largest absolute Gasteiger partial charge is 0.504 e. The highest BCUT2D eigenvalue weighted by Gasteiger charge is 2.57. The van der Waals surface area contributed by atoms with Gasteiger partial charge in [-0.15, -0.1) is 0 Å². The van der Waals surface area contributed by atoms with E-state index in [-0.39, 0.29) is 50.1 Å². The zero-order valence-electron chi connectivity index (χ0n) is 38.5. The fourth-order valence-corrected chi connectivity index (χ4v) is 12.6. The average molecular weight is 935 g/mol. The highest BCUT2D eigenvalue weighted by atomic mass is 32.2. The van der Waals surface area contributed by atoms with Crippen molar-refractivity contribution in [2.45, 2.75) is 75.5 Å². The van der Waals surface area contributed by atoms with E-state index >= 15 is 0 Å². The van der Waals surface area contributed by atoms with Gasteiger partial charge in [0.25, 0.3) is 0 Å². The summed E-state index contributed by atoms with van der Waals surface area (Å²) in [6.45, 7) is 7.76. The van der Waals surface area contributed by atoms with Crippen molar-refractivity contribution in [2.75, 3.05) is 45.7 Å². The van der Waals surface area contributed by atoms with Crippen LogP contribution in [-0.4, -0.2) is 96.8 Å². The maximum Gasteiger partial charge on any atom is 0.408 e. The van der Waals surface area contributed by atoms with E-state index in [2.05, 4.69) is 58.1 Å². The van der Waals surface area contributed by atoms with E-state index in [1.165, 1.54) is 22.3 Å². The van der Waals surface area contributed by atoms with E-state index in [9.17, 15) is 20.0 Å². The van der Waals surface area contributed by atoms with E-state index in [1.807, 2.05) is 75.5 Å². The number of piperazine rings is 1. The smallest absolute Gasteiger partial charge is 0.408 e. The third kappa shape index (κ3) is 7.76. The van der Waals surface area contributed by atoms with Crippen LogP contribution in [0.1, 0.15) is 68.1 Å². The van der Waals surface area contributed by atoms with Gasteiger partial charge < -0.3 is 38.8 Å². The number of fused-ring (bicyclic) bond motifs is 12. The van der Waals surface area contributed by atoms with Crippen LogP contribution in [0.3, 0.4) is 0 Å². The molecule has 13 nitrogen and oxygen atoms in total. The van der Waals surface area contributed by atoms with Crippen LogP contribution in [-0.2, 0) is 33.7 Å². The lowest BCUT2D eigenvalue weighted by Crippen LogP contribution is -2.68. The number of alkyl carbamates (subject to hydrolysis) is 1. The normalized spacial score (nSPS) is 21.2. The molecule has 68 heavy (non-hydrogen) atoms. The molecule has 10 rings (SSSR count). The summed E-state index contributed by atoms with van der Waals surface area (Å²) in [4.78, 5) is 32.7. The van der Waals surface area contributed by atoms with Crippen molar-refractivity contribution >= 4 is 23.8 Å². The van der Waals surface area contributed by atoms with Gasteiger partial charge in [0.2, 0.25) is 6.79 Å². The Morgan fingerprint density at radius 1 is 0.956 bits per heavy atom. The van der Waals surface area contributed by atoms with Gasteiger partial charge in [0.05, 0.1) is 25.3 Å². The number of phenolic OH excluding ortho intramolecular Hbond substituents is 1. The molecule has 4 aliphatic heterocycles. The first kappa shape index (κ1) is 45.1. The molecule has 5 aliphatic rings. The summed E-state index contributed by atoms with van der Waals surface area (Å²) in [5.74, 6) is 2.40. The summed E-state index contributed by atoms with van der Waals surface area (Å²) in [6.07, 6.45) is 1.82. The number of carbonyl (C=O) groups is 2. The van der Waals surface area contributed by atoms with Crippen molar-refractivity contribution in [3.8, 4) is 45.9 Å². The van der Waals surface area contributed by atoms with Crippen molar-refractivity contribution in [3.05, 3.63) is 148 Å². The summed E-state index contributed by atoms with van der Waals surface area (Å²) < 4.78 is 36.7. The lowest BCUT2D eigenvalue weighted by molar-refractivity contribution is -0.150. The monoisotopic (exact) mass is 934 g/mol. The Hall–Kier alpha value is -6.66. The van der Waals surface area contributed by atoms with E-state index in [4.69, 9.17) is 28.4 Å². The molecule has 350 valence electrons. The highest BCUT2D eigenvalue weighted by Crippen LogP contribution is 2.58. The first-order valence-corrected chi connectivity index (χ1v) is 24.2. The van der Waals surface area contributed by atoms with Crippen molar-refractivity contribution < 1.29 is 43.1 Å². The number of likely N-dealkylation sites (N-methyl/N-ethyl adjacent to an activating group) is 1. The molecular weight excluding hydrogens is 881 g/mol. The maximum absolute atomic E-state index is 14.8. The molecule has 0 radical (unpaired) electrons. The Morgan fingerprint density at radius 2 is 1.66 bits per heavy atom. The molecule has 6 atom stereocenters. The van der Waals surface area contributed by atoms with Gasteiger partial charge in [-0.2, -0.15) is 17.0 Å². The molecule has 1 fully saturated rings. The van der Waals surface area contributed by atoms with Crippen molar-refractivity contribution in [1.29, 1.82) is 5.26 Å². The van der Waals surface area contributed by atoms with E-state index < -0.39 is 42.3 Å². The molecule has 4 heterocycles. The lowest BCUT2D eigenvalue weighted by Gasteiger charge is -2.59. The molecule has 14 heteroatoms. The number of benzene rings is 5. The number of amides is 1. The Balaban J connectivity index is 1.00. The van der Waals surface area contributed by atoms with Gasteiger partial charge in [0, 0.05) is 51.8 Å². The molecule has 0 spiro atoms. The molecule has 2 unspecified atom stereocenters. The number of hydrogen-bond donors (Lipinski definition) is 2. The predicted molar refractivity (Wildman–Crippen MR) is 257 cm³/mol. The van der Waals surface area contributed by atoms with Gasteiger partial charge in [-0.25, -0.2) is 9.59 Å². The average Bonchev–Trinajstić information content (AvgIpc) is 3.97. The molecule has 1 aliphatic carbocycles. The topological polar surface area (TPSA) is 152 Å². The molecule has 1 saturated heterocycles. The SMILES string of the molecule is C=CCOc1c(C)c2c(c3c1CC1[C@H]4c5c(cc(C)c(OC)c5O)C[C@@H](C(C#N)N1[C@H]3COC(=O)[C@@H](CSCC1c3ccccc3-c3ccccc31)NC(=O)OCc1ccccc1)N4C)OCO2. The Kier molecular flexibility index (Phi) is 12.5. The van der Waals surface area contributed by atoms with Crippen LogP contribution < -0.4 is 24.3 Å². The van der Waals surface area contributed by atoms with Crippen LogP contribution in [0.2, 0.25) is 0 Å². The fourth-order valence-electron chi connectivity index (χ4n) is 11.4. The molecule has 0 aromatic heterocycles. The Morgan fingerprint density at radius 3 is 2.37 bits per heavy atom. The predicted octanol–water partition coefficient (Wildman–Crippen LogP) is 8.47. The van der Waals surface area contributed by atoms with Crippen molar-refractivity contribution in [1.82, 2.24) is 15.1 Å². The third-order valence-electron chi connectivity index (χ3n) is 14.3. The van der Waals surface area contributed by atoms with E-state index in [0.29, 0.717) is 47.2 Å². The van der Waals surface area contributed by atoms with Crippen LogP contribution in [0.25, 0.3) is 11.1 Å². The number of aromatic hydroxyl groups is 1. The third-order valence-corrected chi connectivity index (χ3v) is 15.5. The molecule has 2 bridgehead atoms. The number of nitrogens with zero attached hydrogens (tertiary/aromatic N) is 3. The number of carbonyl (C=O) groups excluding carboxylic acids is 2. The highest BCUT2D eigenvalue weighted by molar-refractivity contribution is 7.99. The molecule has 1 amide bonds. The number of nitriles is 1. The number of nitrogens with one attached hydrogen (secondary N) is 1. The van der Waals surface area contributed by atoms with Gasteiger partial charge >= 0.3 is 12.1 Å². The summed E-state index contributed by atoms with van der Waals surface area (Å²) in [7, 11) is 3.55. The number of methoxy groups -OCH3 is 1. The standard InChI is InChI=1S/C54H54N4O9S/c1-6-20-63-50-31(3)51-52(67-29-66-51)46-38(50)23-42-47-45-33(21-30(2)49(62-5)48(45)59)22-41(57(47)4)43(24-55)58(42)44(46)26-64-53(60)40(56-54(61)65-25-32-14-8-7-9-15-32)28-68-27-39-36-18-12-10-16-34(36)35-17-11-13-19-37(35)39/h6-19,21,39-44,47,59H,1,20,22-23,25-29H2,2-5H3,(H,56,61)/t40-,41+,42?,43?,44+,47+/m1/s1. The molecule has 2 N–H and O–H groups in total. The van der Waals surface area contributed by atoms with Gasteiger partial charge in [-0.3, -0.25) is 9.80 Å². The second kappa shape index (κ2) is 18.8. The van der Waals surface area contributed by atoms with Crippen molar-refractivity contribution in [2.24, 2.45) is 0 Å². The second-order valence-corrected chi connectivity index (χ2v) is 19.1. The Bertz CT molecular complexity index is 2790. The molecule has 5 aromatic rings. The second-order valence-electron chi connectivity index (χ2n) is 18.0. The summed E-state index contributed by atoms with van der Waals surface area (Å²) in [5, 5.41) is 26.1. The van der Waals surface area contributed by atoms with Crippen LogP contribution in [0.4, 0.5) is 4.79 Å². The van der Waals surface area contributed by atoms with Gasteiger partial charge in [0.15, 0.2) is 23.0 Å². The minimum Gasteiger partial charge on any atom is -0.504 e. The molecule has 0 saturated carbocycles. The van der Waals surface area contributed by atoms with E-state index in [0.717, 1.165) is 33.4 Å². The van der Waals surface area contributed by atoms with Gasteiger partial charge in [-0.1, -0.05) is 97.6 Å².